The van der Waals surface area contributed by atoms with E-state index in [0.717, 1.165) is 0 Å². The van der Waals surface area contributed by atoms with Crippen LogP contribution in [-0.2, 0) is 40.7 Å². The zero-order valence-corrected chi connectivity index (χ0v) is 29.1. The van der Waals surface area contributed by atoms with Gasteiger partial charge in [-0.3, -0.25) is 28.7 Å². The van der Waals surface area contributed by atoms with Gasteiger partial charge in [-0.1, -0.05) is 24.3 Å². The zero-order chi connectivity index (χ0) is 36.9. The smallest absolute Gasteiger partial charge is 0.369 e. The number of anilines is 2. The number of nitrogens with one attached hydrogen (secondary N) is 2. The second-order valence-corrected chi connectivity index (χ2v) is 18.0. The lowest BCUT2D eigenvalue weighted by Crippen LogP contribution is -2.15. The average molecular weight is 796 g/mol. The highest BCUT2D eigenvalue weighted by atomic mass is 31.3. The summed E-state index contributed by atoms with van der Waals surface area (Å²) in [5, 5.41) is 0. The van der Waals surface area contributed by atoms with Gasteiger partial charge in [-0.2, -0.15) is 14.3 Å². The number of aromatic nitrogens is 8. The summed E-state index contributed by atoms with van der Waals surface area (Å²) in [4.78, 5) is 84.8. The summed E-state index contributed by atoms with van der Waals surface area (Å²) in [7, 11) is -22.2. The molecule has 6 rings (SSSR count). The molecule has 4 heterocycles. The molecule has 2 aliphatic carbocycles. The number of nitrogens with two attached hydrogens (primary N) is 2. The van der Waals surface area contributed by atoms with Gasteiger partial charge in [0.05, 0.1) is 36.9 Å². The molecule has 276 valence electrons. The molecule has 0 radical (unpaired) electrons. The summed E-state index contributed by atoms with van der Waals surface area (Å²) in [6.45, 7) is 0. The van der Waals surface area contributed by atoms with E-state index in [0.29, 0.717) is 0 Å². The Morgan fingerprint density at radius 3 is 1.47 bits per heavy atom. The third-order valence-corrected chi connectivity index (χ3v) is 13.5. The molecule has 51 heavy (non-hydrogen) atoms. The summed E-state index contributed by atoms with van der Waals surface area (Å²) in [5.74, 6) is -0.291. The molecule has 0 spiro atoms. The van der Waals surface area contributed by atoms with E-state index < -0.39 is 78.9 Å². The first-order chi connectivity index (χ1) is 23.8. The van der Waals surface area contributed by atoms with Crippen molar-refractivity contribution in [2.75, 3.05) is 24.2 Å². The van der Waals surface area contributed by atoms with Crippen molar-refractivity contribution in [1.29, 1.82) is 0 Å². The van der Waals surface area contributed by atoms with E-state index >= 15 is 0 Å². The number of H-pyrrole nitrogens is 2. The number of imidazole rings is 2. The zero-order valence-electron chi connectivity index (χ0n) is 25.5. The highest BCUT2D eigenvalue weighted by molar-refractivity contribution is 7.71. The lowest BCUT2D eigenvalue weighted by atomic mass is 10.2. The van der Waals surface area contributed by atoms with E-state index in [1.165, 1.54) is 33.9 Å². The van der Waals surface area contributed by atoms with Gasteiger partial charge in [-0.25, -0.2) is 27.7 Å². The van der Waals surface area contributed by atoms with Crippen LogP contribution in [0.1, 0.15) is 24.9 Å². The molecule has 0 aromatic carbocycles. The van der Waals surface area contributed by atoms with Gasteiger partial charge in [0.2, 0.25) is 11.9 Å². The molecule has 4 aromatic heterocycles. The first kappa shape index (κ1) is 37.1. The Morgan fingerprint density at radius 2 is 1.08 bits per heavy atom. The van der Waals surface area contributed by atoms with Crippen LogP contribution in [-0.4, -0.2) is 83.5 Å². The Labute approximate surface area is 283 Å². The molecule has 0 aliphatic heterocycles. The third-order valence-electron chi connectivity index (χ3n) is 7.23. The van der Waals surface area contributed by atoms with Gasteiger partial charge in [0.1, 0.15) is 12.7 Å². The third kappa shape index (κ3) is 8.70. The van der Waals surface area contributed by atoms with E-state index in [2.05, 4.69) is 42.8 Å². The summed E-state index contributed by atoms with van der Waals surface area (Å²) >= 11 is 0. The Hall–Kier alpha value is -3.66. The van der Waals surface area contributed by atoms with E-state index in [-0.39, 0.29) is 47.1 Å². The molecule has 4 unspecified atom stereocenters. The van der Waals surface area contributed by atoms with Crippen molar-refractivity contribution in [3.63, 3.8) is 0 Å². The second-order valence-electron chi connectivity index (χ2n) is 11.1. The SMILES string of the molecule is Nc1nc2c(ncn2[C@H]2C=C[C@@H](OCP(=O)(O)OP(=O)(O)OP(=O)(O)OP(=O)(O)CO[C@@H]3C=C[C@H](n4cnc5c(=O)[nH]c(N)nc54)C3)C2)c(=O)[nH]1. The van der Waals surface area contributed by atoms with E-state index in [1.54, 1.807) is 12.2 Å². The molecular weight excluding hydrogens is 768 g/mol. The standard InChI is InChI=1S/C22H28N10O15P4/c23-21-27-17-15(19(33)29-21)25-7-31(17)11-1-3-13(5-11)43-9-48(35,36)45-50(39,40)47-51(41,42)46-49(37,38)10-44-14-4-2-12(6-14)32-8-26-16-18(32)28-22(24)30-20(16)34/h1-4,7-8,11-14H,5-6,9-10H2,(H,35,36)(H,37,38)(H,39,40)(H,41,42)(H3,23,27,29,33)(H3,24,28,30,34)/t11-,12-,13+,14+/m0/s1. The van der Waals surface area contributed by atoms with Crippen LogP contribution in [0.4, 0.5) is 11.9 Å². The minimum atomic E-state index is -5.92. The molecule has 0 bridgehead atoms. The highest BCUT2D eigenvalue weighted by Crippen LogP contribution is 2.71. The number of allylic oxidation sites excluding steroid dienone is 2. The molecule has 0 saturated heterocycles. The van der Waals surface area contributed by atoms with Gasteiger partial charge in [-0.15, -0.1) is 0 Å². The summed E-state index contributed by atoms with van der Waals surface area (Å²) in [5.41, 5.74) is 10.5. The monoisotopic (exact) mass is 796 g/mol. The molecule has 25 nitrogen and oxygen atoms in total. The van der Waals surface area contributed by atoms with E-state index in [4.69, 9.17) is 20.9 Å². The van der Waals surface area contributed by atoms with Crippen molar-refractivity contribution in [2.24, 2.45) is 0 Å². The Balaban J connectivity index is 0.976. The lowest BCUT2D eigenvalue weighted by Gasteiger charge is -2.21. The maximum atomic E-state index is 12.5. The first-order valence-corrected chi connectivity index (χ1v) is 20.8. The van der Waals surface area contributed by atoms with Crippen LogP contribution < -0.4 is 22.6 Å². The fourth-order valence-corrected chi connectivity index (χ4v) is 10.8. The highest BCUT2D eigenvalue weighted by Gasteiger charge is 2.45. The van der Waals surface area contributed by atoms with Crippen LogP contribution >= 0.6 is 30.8 Å². The average Bonchev–Trinajstić information content (AvgIpc) is 3.79. The van der Waals surface area contributed by atoms with Crippen LogP contribution in [0, 0.1) is 0 Å². The van der Waals surface area contributed by atoms with Crippen LogP contribution in [0.3, 0.4) is 0 Å². The van der Waals surface area contributed by atoms with Crippen LogP contribution in [0.5, 0.6) is 0 Å². The molecule has 4 aromatic rings. The Bertz CT molecular complexity index is 2210. The van der Waals surface area contributed by atoms with Gasteiger partial charge in [-0.05, 0) is 0 Å². The first-order valence-electron chi connectivity index (χ1n) is 14.3. The fourth-order valence-electron chi connectivity index (χ4n) is 5.24. The van der Waals surface area contributed by atoms with Crippen molar-refractivity contribution in [1.82, 2.24) is 39.0 Å². The van der Waals surface area contributed by atoms with Gasteiger partial charge in [0.25, 0.3) is 11.1 Å². The number of rotatable bonds is 14. The second kappa shape index (κ2) is 13.7. The molecular formula is C22H28N10O15P4. The number of phosphoric acid groups is 2. The van der Waals surface area contributed by atoms with Crippen molar-refractivity contribution in [3.05, 3.63) is 57.7 Å². The number of hydrogen-bond acceptors (Lipinski definition) is 17. The number of hydrogen-bond donors (Lipinski definition) is 8. The van der Waals surface area contributed by atoms with Crippen LogP contribution in [0.15, 0.2) is 46.5 Å². The molecule has 8 atom stereocenters. The van der Waals surface area contributed by atoms with Gasteiger partial charge in [0.15, 0.2) is 22.3 Å². The minimum Gasteiger partial charge on any atom is -0.369 e. The normalized spacial score (nSPS) is 25.2. The number of fused-ring (bicyclic) bond motifs is 2. The van der Waals surface area contributed by atoms with Gasteiger partial charge < -0.3 is 49.6 Å². The number of nitrogens with zero attached hydrogens (tertiary/aromatic N) is 6. The van der Waals surface area contributed by atoms with Crippen molar-refractivity contribution >= 4 is 65.1 Å². The summed E-state index contributed by atoms with van der Waals surface area (Å²) in [6.07, 6.45) is 5.01. The number of ether oxygens (including phenoxy) is 2. The largest absolute Gasteiger partial charge is 0.488 e. The predicted molar refractivity (Wildman–Crippen MR) is 173 cm³/mol. The Morgan fingerprint density at radius 1 is 0.686 bits per heavy atom. The molecule has 0 saturated carbocycles. The van der Waals surface area contributed by atoms with Gasteiger partial charge >= 0.3 is 30.8 Å². The maximum Gasteiger partial charge on any atom is 0.488 e. The minimum absolute atomic E-state index is 0.0221. The van der Waals surface area contributed by atoms with Crippen molar-refractivity contribution in [3.8, 4) is 0 Å². The number of aromatic amines is 2. The predicted octanol–water partition coefficient (Wildman–Crippen LogP) is 0.726. The van der Waals surface area contributed by atoms with Crippen LogP contribution in [0.25, 0.3) is 22.3 Å². The van der Waals surface area contributed by atoms with E-state index in [1.807, 2.05) is 0 Å². The molecule has 29 heteroatoms. The van der Waals surface area contributed by atoms with Crippen LogP contribution in [0.2, 0.25) is 0 Å². The van der Waals surface area contributed by atoms with Crippen molar-refractivity contribution < 1.29 is 60.2 Å². The molecule has 10 N–H and O–H groups in total. The number of nitrogen functional groups attached to an aromatic ring is 2. The van der Waals surface area contributed by atoms with Gasteiger partial charge in [0, 0.05) is 12.8 Å². The van der Waals surface area contributed by atoms with Crippen molar-refractivity contribution in [2.45, 2.75) is 37.1 Å². The molecule has 0 fully saturated rings. The lowest BCUT2D eigenvalue weighted by molar-refractivity contribution is 0.0992. The Kier molecular flexibility index (Phi) is 9.98. The molecule has 2 aliphatic rings. The van der Waals surface area contributed by atoms with E-state index in [9.17, 15) is 47.4 Å². The molecule has 0 amide bonds. The maximum absolute atomic E-state index is 12.5. The summed E-state index contributed by atoms with van der Waals surface area (Å²) < 4.78 is 75.6. The fraction of sp³-hybridized carbons (Fsp3) is 0.364. The quantitative estimate of drug-likeness (QED) is 0.0643. The topological polar surface area (TPSA) is 375 Å². The summed E-state index contributed by atoms with van der Waals surface area (Å²) in [6, 6.07) is -0.967.